The molecule has 0 N–H and O–H groups in total. The summed E-state index contributed by atoms with van der Waals surface area (Å²) in [5, 5.41) is 0. The maximum absolute atomic E-state index is 15.0. The van der Waals surface area contributed by atoms with Gasteiger partial charge in [-0.15, -0.1) is 0 Å². The predicted molar refractivity (Wildman–Crippen MR) is 125 cm³/mol. The van der Waals surface area contributed by atoms with Crippen molar-refractivity contribution in [2.24, 2.45) is 0 Å². The summed E-state index contributed by atoms with van der Waals surface area (Å²) in [7, 11) is 1.45. The highest BCUT2D eigenvalue weighted by Crippen LogP contribution is 2.35. The van der Waals surface area contributed by atoms with Gasteiger partial charge in [-0.3, -0.25) is 14.6 Å². The quantitative estimate of drug-likeness (QED) is 0.394. The minimum Gasteiger partial charge on any atom is -0.497 e. The number of aromatic nitrogens is 1. The Morgan fingerprint density at radius 1 is 1.18 bits per heavy atom. The first-order chi connectivity index (χ1) is 17.7. The number of halogens is 6. The Kier molecular flexibility index (Phi) is 9.06. The van der Waals surface area contributed by atoms with Gasteiger partial charge in [0, 0.05) is 24.6 Å². The number of benzene rings is 1. The van der Waals surface area contributed by atoms with Crippen molar-refractivity contribution in [2.75, 3.05) is 26.9 Å². The zero-order chi connectivity index (χ0) is 28.3. The molecule has 1 aromatic heterocycles. The number of rotatable bonds is 10. The van der Waals surface area contributed by atoms with E-state index in [1.54, 1.807) is 26.0 Å². The maximum atomic E-state index is 15.0. The van der Waals surface area contributed by atoms with Gasteiger partial charge in [-0.1, -0.05) is 19.9 Å². The van der Waals surface area contributed by atoms with Crippen LogP contribution in [0.5, 0.6) is 5.75 Å². The van der Waals surface area contributed by atoms with Crippen LogP contribution >= 0.6 is 0 Å². The van der Waals surface area contributed by atoms with E-state index in [0.717, 1.165) is 11.0 Å². The monoisotopic (exact) mass is 546 g/mol. The van der Waals surface area contributed by atoms with E-state index < -0.39 is 61.0 Å². The standard InChI is InChI=1S/C26H28F6N2O4/c1-25(2,14-38-13-21(28)29)24-19(27)8-15(12-33-24)9-20(35)23-18-5-4-17(37-3)10-16(18)6-7-34(23)22(36)11-26(30,31)32/h4-5,8,10,12,21,23H,6-7,9,11,13-14H2,1-3H3/t23-/m1/s1. The van der Waals surface area contributed by atoms with Crippen LogP contribution in [0.15, 0.2) is 30.5 Å². The molecule has 6 nitrogen and oxygen atoms in total. The van der Waals surface area contributed by atoms with E-state index >= 15 is 0 Å². The average molecular weight is 547 g/mol. The van der Waals surface area contributed by atoms with Crippen molar-refractivity contribution in [3.63, 3.8) is 0 Å². The number of amides is 1. The van der Waals surface area contributed by atoms with Crippen molar-refractivity contribution in [3.05, 3.63) is 58.7 Å². The van der Waals surface area contributed by atoms with Gasteiger partial charge < -0.3 is 14.4 Å². The molecule has 1 amide bonds. The molecule has 0 bridgehead atoms. The third kappa shape index (κ3) is 7.24. The number of ketones is 1. The van der Waals surface area contributed by atoms with Crippen LogP contribution in [0.2, 0.25) is 0 Å². The summed E-state index contributed by atoms with van der Waals surface area (Å²) >= 11 is 0. The summed E-state index contributed by atoms with van der Waals surface area (Å²) in [5.41, 5.74) is 0.0670. The molecule has 1 aliphatic heterocycles. The Balaban J connectivity index is 1.87. The number of ether oxygens (including phenoxy) is 2. The summed E-state index contributed by atoms with van der Waals surface area (Å²) in [5.74, 6) is -2.14. The highest BCUT2D eigenvalue weighted by molar-refractivity contribution is 5.92. The van der Waals surface area contributed by atoms with Crippen molar-refractivity contribution in [3.8, 4) is 5.75 Å². The van der Waals surface area contributed by atoms with Crippen LogP contribution in [0.25, 0.3) is 0 Å². The summed E-state index contributed by atoms with van der Waals surface area (Å²) in [6, 6.07) is 4.50. The topological polar surface area (TPSA) is 68.7 Å². The number of carbonyl (C=O) groups excluding carboxylic acids is 2. The van der Waals surface area contributed by atoms with Gasteiger partial charge in [-0.05, 0) is 41.3 Å². The van der Waals surface area contributed by atoms with Gasteiger partial charge in [-0.25, -0.2) is 13.2 Å². The predicted octanol–water partition coefficient (Wildman–Crippen LogP) is 4.98. The SMILES string of the molecule is COc1ccc2c(c1)CCN(C(=O)CC(F)(F)F)[C@H]2C(=O)Cc1cnc(C(C)(C)COCC(F)F)c(F)c1. The Morgan fingerprint density at radius 2 is 1.89 bits per heavy atom. The fourth-order valence-corrected chi connectivity index (χ4v) is 4.46. The first-order valence-electron chi connectivity index (χ1n) is 11.8. The molecular formula is C26H28F6N2O4. The Bertz CT molecular complexity index is 1170. The molecule has 1 atom stereocenters. The molecule has 0 spiro atoms. The summed E-state index contributed by atoms with van der Waals surface area (Å²) in [4.78, 5) is 30.9. The molecule has 0 fully saturated rings. The Labute approximate surface area is 215 Å². The number of fused-ring (bicyclic) bond motifs is 1. The van der Waals surface area contributed by atoms with E-state index in [9.17, 15) is 35.9 Å². The second kappa shape index (κ2) is 11.7. The summed E-state index contributed by atoms with van der Waals surface area (Å²) in [6.07, 6.45) is -8.07. The van der Waals surface area contributed by atoms with Crippen molar-refractivity contribution < 1.29 is 45.4 Å². The first-order valence-corrected chi connectivity index (χ1v) is 11.8. The van der Waals surface area contributed by atoms with E-state index in [4.69, 9.17) is 9.47 Å². The first kappa shape index (κ1) is 29.4. The zero-order valence-electron chi connectivity index (χ0n) is 21.1. The lowest BCUT2D eigenvalue weighted by atomic mass is 9.87. The Hall–Kier alpha value is -3.15. The van der Waals surface area contributed by atoms with Gasteiger partial charge in [0.05, 0.1) is 19.4 Å². The second-order valence-corrected chi connectivity index (χ2v) is 9.70. The average Bonchev–Trinajstić information content (AvgIpc) is 2.81. The van der Waals surface area contributed by atoms with E-state index in [2.05, 4.69) is 4.98 Å². The molecule has 2 aromatic rings. The van der Waals surface area contributed by atoms with Crippen LogP contribution in [-0.4, -0.2) is 61.0 Å². The molecule has 12 heteroatoms. The third-order valence-corrected chi connectivity index (χ3v) is 6.18. The van der Waals surface area contributed by atoms with E-state index in [1.807, 2.05) is 0 Å². The molecule has 2 heterocycles. The molecular weight excluding hydrogens is 518 g/mol. The van der Waals surface area contributed by atoms with Crippen LogP contribution < -0.4 is 4.74 Å². The molecule has 0 saturated carbocycles. The van der Waals surface area contributed by atoms with Gasteiger partial charge in [0.15, 0.2) is 5.78 Å². The van der Waals surface area contributed by atoms with E-state index in [0.29, 0.717) is 16.9 Å². The largest absolute Gasteiger partial charge is 0.497 e. The van der Waals surface area contributed by atoms with Crippen molar-refractivity contribution in [2.45, 2.75) is 57.2 Å². The lowest BCUT2D eigenvalue weighted by molar-refractivity contribution is -0.165. The molecule has 0 unspecified atom stereocenters. The fourth-order valence-electron chi connectivity index (χ4n) is 4.46. The minimum absolute atomic E-state index is 0.0555. The number of hydrogen-bond acceptors (Lipinski definition) is 5. The molecule has 1 aliphatic rings. The van der Waals surface area contributed by atoms with E-state index in [-0.39, 0.29) is 30.8 Å². The molecule has 0 saturated heterocycles. The fraction of sp³-hybridized carbons (Fsp3) is 0.500. The Morgan fingerprint density at radius 3 is 2.50 bits per heavy atom. The van der Waals surface area contributed by atoms with Crippen LogP contribution in [0.4, 0.5) is 26.3 Å². The van der Waals surface area contributed by atoms with Crippen LogP contribution in [0, 0.1) is 5.82 Å². The molecule has 0 radical (unpaired) electrons. The second-order valence-electron chi connectivity index (χ2n) is 9.70. The molecule has 3 rings (SSSR count). The number of nitrogens with zero attached hydrogens (tertiary/aromatic N) is 2. The van der Waals surface area contributed by atoms with Gasteiger partial charge in [-0.2, -0.15) is 13.2 Å². The molecule has 208 valence electrons. The third-order valence-electron chi connectivity index (χ3n) is 6.18. The van der Waals surface area contributed by atoms with Crippen LogP contribution in [0.3, 0.4) is 0 Å². The minimum atomic E-state index is -4.75. The maximum Gasteiger partial charge on any atom is 0.397 e. The zero-order valence-corrected chi connectivity index (χ0v) is 21.1. The van der Waals surface area contributed by atoms with Crippen LogP contribution in [0.1, 0.15) is 48.7 Å². The van der Waals surface area contributed by atoms with Crippen molar-refractivity contribution in [1.29, 1.82) is 0 Å². The van der Waals surface area contributed by atoms with Gasteiger partial charge in [0.1, 0.15) is 30.6 Å². The number of carbonyl (C=O) groups is 2. The van der Waals surface area contributed by atoms with Gasteiger partial charge in [0.2, 0.25) is 5.91 Å². The lowest BCUT2D eigenvalue weighted by Crippen LogP contribution is -2.45. The number of pyridine rings is 1. The van der Waals surface area contributed by atoms with E-state index in [1.165, 1.54) is 19.4 Å². The number of Topliss-reactive ketones (excluding diaryl/α,β-unsaturated/α-hetero) is 1. The molecule has 1 aromatic carbocycles. The normalized spacial score (nSPS) is 15.9. The smallest absolute Gasteiger partial charge is 0.397 e. The van der Waals surface area contributed by atoms with Crippen molar-refractivity contribution in [1.82, 2.24) is 9.88 Å². The number of methoxy groups -OCH3 is 1. The van der Waals surface area contributed by atoms with Crippen LogP contribution in [-0.2, 0) is 32.6 Å². The molecule has 38 heavy (non-hydrogen) atoms. The summed E-state index contributed by atoms with van der Waals surface area (Å²) in [6.45, 7) is 1.98. The highest BCUT2D eigenvalue weighted by atomic mass is 19.4. The van der Waals surface area contributed by atoms with Gasteiger partial charge >= 0.3 is 6.18 Å². The number of hydrogen-bond donors (Lipinski definition) is 0. The number of alkyl halides is 5. The van der Waals surface area contributed by atoms with Gasteiger partial charge in [0.25, 0.3) is 6.43 Å². The summed E-state index contributed by atoms with van der Waals surface area (Å²) < 4.78 is 88.8. The van der Waals surface area contributed by atoms with Crippen molar-refractivity contribution >= 4 is 11.7 Å². The lowest BCUT2D eigenvalue weighted by Gasteiger charge is -2.37. The molecule has 0 aliphatic carbocycles. The highest BCUT2D eigenvalue weighted by Gasteiger charge is 2.40.